The number of aromatic nitrogens is 1. The minimum Gasteiger partial charge on any atom is -0.347 e. The van der Waals surface area contributed by atoms with Gasteiger partial charge in [-0.2, -0.15) is 5.26 Å². The summed E-state index contributed by atoms with van der Waals surface area (Å²) in [4.78, 5) is 12.4. The van der Waals surface area contributed by atoms with Crippen molar-refractivity contribution in [3.63, 3.8) is 0 Å². The molecule has 1 heterocycles. The second-order valence-corrected chi connectivity index (χ2v) is 7.51. The monoisotopic (exact) mass is 451 g/mol. The van der Waals surface area contributed by atoms with Crippen molar-refractivity contribution < 1.29 is 9.18 Å². The topological polar surface area (TPSA) is 57.8 Å². The lowest BCUT2D eigenvalue weighted by atomic mass is 10.1. The number of benzene rings is 2. The van der Waals surface area contributed by atoms with Gasteiger partial charge in [0, 0.05) is 22.4 Å². The van der Waals surface area contributed by atoms with E-state index in [-0.39, 0.29) is 11.4 Å². The van der Waals surface area contributed by atoms with Gasteiger partial charge in [0.25, 0.3) is 5.91 Å². The first-order valence-electron chi connectivity index (χ1n) is 8.99. The third-order valence-electron chi connectivity index (χ3n) is 4.58. The van der Waals surface area contributed by atoms with Gasteiger partial charge in [0.05, 0.1) is 5.69 Å². The van der Waals surface area contributed by atoms with Crippen LogP contribution < -0.4 is 5.32 Å². The maximum Gasteiger partial charge on any atom is 0.262 e. The van der Waals surface area contributed by atoms with Gasteiger partial charge in [0.15, 0.2) is 0 Å². The fourth-order valence-electron chi connectivity index (χ4n) is 3.14. The lowest BCUT2D eigenvalue weighted by Gasteiger charge is -2.11. The van der Waals surface area contributed by atoms with Crippen LogP contribution in [0.25, 0.3) is 11.8 Å². The van der Waals surface area contributed by atoms with Crippen molar-refractivity contribution in [1.82, 2.24) is 9.88 Å². The summed E-state index contributed by atoms with van der Waals surface area (Å²) in [6, 6.07) is 18.1. The summed E-state index contributed by atoms with van der Waals surface area (Å²) in [6.07, 6.45) is 1.54. The number of nitrogens with one attached hydrogen (secondary N) is 1. The van der Waals surface area contributed by atoms with Crippen molar-refractivity contribution in [3.05, 3.63) is 93.0 Å². The van der Waals surface area contributed by atoms with E-state index in [1.165, 1.54) is 12.1 Å². The first-order valence-corrected chi connectivity index (χ1v) is 9.78. The minimum absolute atomic E-state index is 0.00235. The van der Waals surface area contributed by atoms with Crippen LogP contribution in [0, 0.1) is 31.0 Å². The molecular formula is C23H19BrFN3O. The average molecular weight is 452 g/mol. The van der Waals surface area contributed by atoms with Gasteiger partial charge >= 0.3 is 0 Å². The molecule has 1 amide bonds. The second-order valence-electron chi connectivity index (χ2n) is 6.60. The van der Waals surface area contributed by atoms with Gasteiger partial charge in [-0.05, 0) is 55.3 Å². The highest BCUT2D eigenvalue weighted by atomic mass is 79.9. The number of halogens is 2. The largest absolute Gasteiger partial charge is 0.347 e. The molecule has 1 aromatic heterocycles. The molecule has 29 heavy (non-hydrogen) atoms. The van der Waals surface area contributed by atoms with E-state index in [1.54, 1.807) is 16.7 Å². The number of carbonyl (C=O) groups excluding carboxylic acids is 1. The SMILES string of the molecule is Cc1cc(C=C(C#N)C(=O)NCc2ccccc2)c(C)n1-c1ccc(Br)cc1F. The molecule has 2 aromatic carbocycles. The number of hydrogen-bond donors (Lipinski definition) is 1. The summed E-state index contributed by atoms with van der Waals surface area (Å²) >= 11 is 3.26. The van der Waals surface area contributed by atoms with Gasteiger partial charge in [0.1, 0.15) is 17.5 Å². The minimum atomic E-state index is -0.448. The van der Waals surface area contributed by atoms with Crippen molar-refractivity contribution in [2.45, 2.75) is 20.4 Å². The molecule has 0 aliphatic rings. The summed E-state index contributed by atoms with van der Waals surface area (Å²) in [5, 5.41) is 12.2. The highest BCUT2D eigenvalue weighted by Gasteiger charge is 2.15. The van der Waals surface area contributed by atoms with E-state index in [1.807, 2.05) is 56.3 Å². The fraction of sp³-hybridized carbons (Fsp3) is 0.130. The number of rotatable bonds is 5. The van der Waals surface area contributed by atoms with E-state index in [4.69, 9.17) is 0 Å². The molecule has 6 heteroatoms. The Balaban J connectivity index is 1.88. The van der Waals surface area contributed by atoms with Crippen LogP contribution in [0.3, 0.4) is 0 Å². The van der Waals surface area contributed by atoms with Crippen molar-refractivity contribution in [3.8, 4) is 11.8 Å². The Morgan fingerprint density at radius 1 is 1.21 bits per heavy atom. The maximum absolute atomic E-state index is 14.4. The molecule has 0 saturated carbocycles. The molecule has 146 valence electrons. The molecule has 0 spiro atoms. The smallest absolute Gasteiger partial charge is 0.262 e. The predicted octanol–water partition coefficient (Wildman–Crippen LogP) is 5.22. The molecule has 0 unspecified atom stereocenters. The Hall–Kier alpha value is -3.17. The highest BCUT2D eigenvalue weighted by Crippen LogP contribution is 2.26. The van der Waals surface area contributed by atoms with E-state index in [2.05, 4.69) is 21.2 Å². The molecule has 0 bridgehead atoms. The molecule has 3 aromatic rings. The standard InChI is InChI=1S/C23H19BrFN3O/c1-15-10-18(16(2)28(15)22-9-8-20(24)12-21(22)25)11-19(13-26)23(29)27-14-17-6-4-3-5-7-17/h3-12H,14H2,1-2H3,(H,27,29). The van der Waals surface area contributed by atoms with Crippen LogP contribution in [0.4, 0.5) is 4.39 Å². The van der Waals surface area contributed by atoms with Crippen LogP contribution in [0.2, 0.25) is 0 Å². The van der Waals surface area contributed by atoms with E-state index in [0.29, 0.717) is 22.3 Å². The van der Waals surface area contributed by atoms with Crippen LogP contribution in [0.15, 0.2) is 64.6 Å². The third kappa shape index (κ3) is 4.64. The van der Waals surface area contributed by atoms with Gasteiger partial charge in [-0.3, -0.25) is 4.79 Å². The quantitative estimate of drug-likeness (QED) is 0.426. The van der Waals surface area contributed by atoms with Crippen LogP contribution in [0.5, 0.6) is 0 Å². The Bertz CT molecular complexity index is 1130. The lowest BCUT2D eigenvalue weighted by Crippen LogP contribution is -2.23. The molecule has 0 radical (unpaired) electrons. The summed E-state index contributed by atoms with van der Waals surface area (Å²) in [6.45, 7) is 4.02. The fourth-order valence-corrected chi connectivity index (χ4v) is 3.48. The van der Waals surface area contributed by atoms with Crippen LogP contribution >= 0.6 is 15.9 Å². The number of amides is 1. The molecule has 0 saturated heterocycles. The molecule has 0 aliphatic carbocycles. The van der Waals surface area contributed by atoms with Gasteiger partial charge in [0.2, 0.25) is 0 Å². The lowest BCUT2D eigenvalue weighted by molar-refractivity contribution is -0.117. The van der Waals surface area contributed by atoms with Gasteiger partial charge in [-0.25, -0.2) is 4.39 Å². The highest BCUT2D eigenvalue weighted by molar-refractivity contribution is 9.10. The zero-order chi connectivity index (χ0) is 21.0. The normalized spacial score (nSPS) is 11.2. The maximum atomic E-state index is 14.4. The molecular weight excluding hydrogens is 433 g/mol. The van der Waals surface area contributed by atoms with Crippen LogP contribution in [0.1, 0.15) is 22.5 Å². The molecule has 3 rings (SSSR count). The number of aryl methyl sites for hydroxylation is 1. The molecule has 0 atom stereocenters. The Labute approximate surface area is 177 Å². The third-order valence-corrected chi connectivity index (χ3v) is 5.07. The summed E-state index contributed by atoms with van der Waals surface area (Å²) < 4.78 is 16.9. The predicted molar refractivity (Wildman–Crippen MR) is 115 cm³/mol. The van der Waals surface area contributed by atoms with Crippen LogP contribution in [-0.2, 0) is 11.3 Å². The second kappa shape index (κ2) is 8.89. The molecule has 1 N–H and O–H groups in total. The van der Waals surface area contributed by atoms with Gasteiger partial charge in [-0.1, -0.05) is 46.3 Å². The van der Waals surface area contributed by atoms with E-state index < -0.39 is 5.91 Å². The number of hydrogen-bond acceptors (Lipinski definition) is 2. The first-order chi connectivity index (χ1) is 13.9. The Morgan fingerprint density at radius 2 is 1.93 bits per heavy atom. The number of carbonyl (C=O) groups is 1. The summed E-state index contributed by atoms with van der Waals surface area (Å²) in [5.74, 6) is -0.811. The van der Waals surface area contributed by atoms with Gasteiger partial charge in [-0.15, -0.1) is 0 Å². The first kappa shape index (κ1) is 20.6. The number of nitrogens with zero attached hydrogens (tertiary/aromatic N) is 2. The van der Waals surface area contributed by atoms with Crippen molar-refractivity contribution >= 4 is 27.9 Å². The van der Waals surface area contributed by atoms with Gasteiger partial charge < -0.3 is 9.88 Å². The Morgan fingerprint density at radius 3 is 2.59 bits per heavy atom. The molecule has 0 fully saturated rings. The zero-order valence-corrected chi connectivity index (χ0v) is 17.6. The summed E-state index contributed by atoms with van der Waals surface area (Å²) in [5.41, 5.74) is 3.59. The summed E-state index contributed by atoms with van der Waals surface area (Å²) in [7, 11) is 0. The molecule has 4 nitrogen and oxygen atoms in total. The zero-order valence-electron chi connectivity index (χ0n) is 16.0. The molecule has 0 aliphatic heterocycles. The van der Waals surface area contributed by atoms with E-state index in [0.717, 1.165) is 17.0 Å². The average Bonchev–Trinajstić information content (AvgIpc) is 2.98. The van der Waals surface area contributed by atoms with E-state index >= 15 is 0 Å². The van der Waals surface area contributed by atoms with Crippen molar-refractivity contribution in [2.75, 3.05) is 0 Å². The Kier molecular flexibility index (Phi) is 6.30. The van der Waals surface area contributed by atoms with Crippen LogP contribution in [-0.4, -0.2) is 10.5 Å². The van der Waals surface area contributed by atoms with Crippen molar-refractivity contribution in [1.29, 1.82) is 5.26 Å². The number of nitriles is 1. The van der Waals surface area contributed by atoms with E-state index in [9.17, 15) is 14.4 Å². The van der Waals surface area contributed by atoms with Crippen molar-refractivity contribution in [2.24, 2.45) is 0 Å².